The van der Waals surface area contributed by atoms with Gasteiger partial charge in [-0.15, -0.1) is 0 Å². The maximum Gasteiger partial charge on any atom is 0.123 e. The summed E-state index contributed by atoms with van der Waals surface area (Å²) in [5.41, 5.74) is 4.99. The van der Waals surface area contributed by atoms with Gasteiger partial charge in [0.25, 0.3) is 0 Å². The smallest absolute Gasteiger partial charge is 0.123 e. The standard InChI is InChI=1S/C18H22ClNO/c1-12-5-6-13(2)17(9-12)14(3)20-11-15-10-16(19)7-8-18(15)21-4/h5-10,14,20H,11H2,1-4H3. The number of aryl methyl sites for hydroxylation is 2. The highest BCUT2D eigenvalue weighted by Gasteiger charge is 2.10. The number of methoxy groups -OCH3 is 1. The molecule has 0 radical (unpaired) electrons. The van der Waals surface area contributed by atoms with Crippen LogP contribution in [0.5, 0.6) is 5.75 Å². The molecule has 0 aliphatic carbocycles. The molecule has 0 fully saturated rings. The van der Waals surface area contributed by atoms with E-state index in [1.165, 1.54) is 16.7 Å². The molecule has 1 atom stereocenters. The molecule has 0 saturated heterocycles. The van der Waals surface area contributed by atoms with Crippen molar-refractivity contribution in [1.29, 1.82) is 0 Å². The van der Waals surface area contributed by atoms with Crippen molar-refractivity contribution in [2.24, 2.45) is 0 Å². The molecule has 1 unspecified atom stereocenters. The van der Waals surface area contributed by atoms with Crippen molar-refractivity contribution in [3.8, 4) is 5.75 Å². The second kappa shape index (κ2) is 6.97. The number of rotatable bonds is 5. The molecular weight excluding hydrogens is 282 g/mol. The Morgan fingerprint density at radius 2 is 1.90 bits per heavy atom. The van der Waals surface area contributed by atoms with Gasteiger partial charge in [0.2, 0.25) is 0 Å². The minimum atomic E-state index is 0.272. The molecule has 0 amide bonds. The zero-order valence-corrected chi connectivity index (χ0v) is 13.8. The molecule has 2 aromatic carbocycles. The van der Waals surface area contributed by atoms with Gasteiger partial charge in [-0.1, -0.05) is 35.4 Å². The topological polar surface area (TPSA) is 21.3 Å². The molecule has 0 aliphatic heterocycles. The second-order valence-corrected chi connectivity index (χ2v) is 5.86. The molecule has 2 rings (SSSR count). The van der Waals surface area contributed by atoms with E-state index >= 15 is 0 Å². The fraction of sp³-hybridized carbons (Fsp3) is 0.333. The lowest BCUT2D eigenvalue weighted by Crippen LogP contribution is -2.19. The van der Waals surface area contributed by atoms with Crippen molar-refractivity contribution in [1.82, 2.24) is 5.32 Å². The molecule has 0 saturated carbocycles. The summed E-state index contributed by atoms with van der Waals surface area (Å²) in [4.78, 5) is 0. The lowest BCUT2D eigenvalue weighted by Gasteiger charge is -2.18. The van der Waals surface area contributed by atoms with Gasteiger partial charge in [0.1, 0.15) is 5.75 Å². The Kier molecular flexibility index (Phi) is 5.27. The van der Waals surface area contributed by atoms with Crippen molar-refractivity contribution in [2.45, 2.75) is 33.4 Å². The van der Waals surface area contributed by atoms with Gasteiger partial charge in [-0.05, 0) is 50.1 Å². The molecule has 1 N–H and O–H groups in total. The van der Waals surface area contributed by atoms with Gasteiger partial charge in [-0.3, -0.25) is 0 Å². The van der Waals surface area contributed by atoms with Crippen LogP contribution in [0.15, 0.2) is 36.4 Å². The van der Waals surface area contributed by atoms with Crippen molar-refractivity contribution < 1.29 is 4.74 Å². The monoisotopic (exact) mass is 303 g/mol. The molecule has 0 aromatic heterocycles. The minimum Gasteiger partial charge on any atom is -0.496 e. The molecular formula is C18H22ClNO. The summed E-state index contributed by atoms with van der Waals surface area (Å²) < 4.78 is 5.38. The van der Waals surface area contributed by atoms with E-state index in [0.717, 1.165) is 22.9 Å². The van der Waals surface area contributed by atoms with Gasteiger partial charge in [0, 0.05) is 23.2 Å². The molecule has 0 spiro atoms. The Morgan fingerprint density at radius 1 is 1.14 bits per heavy atom. The maximum atomic E-state index is 6.07. The Balaban J connectivity index is 2.12. The quantitative estimate of drug-likeness (QED) is 0.855. The Hall–Kier alpha value is -1.51. The number of halogens is 1. The van der Waals surface area contributed by atoms with Crippen LogP contribution in [0, 0.1) is 13.8 Å². The number of nitrogens with one attached hydrogen (secondary N) is 1. The maximum absolute atomic E-state index is 6.07. The van der Waals surface area contributed by atoms with Crippen molar-refractivity contribution >= 4 is 11.6 Å². The summed E-state index contributed by atoms with van der Waals surface area (Å²) >= 11 is 6.07. The molecule has 3 heteroatoms. The zero-order chi connectivity index (χ0) is 15.4. The van der Waals surface area contributed by atoms with E-state index in [2.05, 4.69) is 44.3 Å². The average molecular weight is 304 g/mol. The molecule has 0 bridgehead atoms. The number of benzene rings is 2. The normalized spacial score (nSPS) is 12.2. The summed E-state index contributed by atoms with van der Waals surface area (Å²) in [6.45, 7) is 7.17. The summed E-state index contributed by atoms with van der Waals surface area (Å²) in [6, 6.07) is 12.5. The first-order valence-corrected chi connectivity index (χ1v) is 7.52. The van der Waals surface area contributed by atoms with Gasteiger partial charge in [-0.25, -0.2) is 0 Å². The highest BCUT2D eigenvalue weighted by molar-refractivity contribution is 6.30. The highest BCUT2D eigenvalue weighted by Crippen LogP contribution is 2.24. The van der Waals surface area contributed by atoms with Crippen LogP contribution in [0.4, 0.5) is 0 Å². The number of hydrogen-bond donors (Lipinski definition) is 1. The summed E-state index contributed by atoms with van der Waals surface area (Å²) in [5, 5.41) is 4.28. The summed E-state index contributed by atoms with van der Waals surface area (Å²) in [7, 11) is 1.68. The van der Waals surface area contributed by atoms with Gasteiger partial charge >= 0.3 is 0 Å². The minimum absolute atomic E-state index is 0.272. The van der Waals surface area contributed by atoms with Crippen LogP contribution in [0.3, 0.4) is 0 Å². The molecule has 0 aliphatic rings. The van der Waals surface area contributed by atoms with Crippen molar-refractivity contribution in [3.63, 3.8) is 0 Å². The average Bonchev–Trinajstić information content (AvgIpc) is 2.47. The highest BCUT2D eigenvalue weighted by atomic mass is 35.5. The molecule has 112 valence electrons. The Bertz CT molecular complexity index is 625. The van der Waals surface area contributed by atoms with E-state index < -0.39 is 0 Å². The van der Waals surface area contributed by atoms with E-state index in [1.54, 1.807) is 7.11 Å². The van der Waals surface area contributed by atoms with E-state index in [-0.39, 0.29) is 6.04 Å². The molecule has 0 heterocycles. The van der Waals surface area contributed by atoms with Crippen LogP contribution < -0.4 is 10.1 Å². The van der Waals surface area contributed by atoms with Crippen LogP contribution in [-0.2, 0) is 6.54 Å². The first-order valence-electron chi connectivity index (χ1n) is 7.14. The van der Waals surface area contributed by atoms with E-state index in [0.29, 0.717) is 0 Å². The van der Waals surface area contributed by atoms with Gasteiger partial charge in [0.15, 0.2) is 0 Å². The largest absolute Gasteiger partial charge is 0.496 e. The summed E-state index contributed by atoms with van der Waals surface area (Å²) in [6.07, 6.45) is 0. The van der Waals surface area contributed by atoms with Crippen molar-refractivity contribution in [3.05, 3.63) is 63.7 Å². The predicted octanol–water partition coefficient (Wildman–Crippen LogP) is 4.82. The van der Waals surface area contributed by atoms with Crippen LogP contribution in [0.1, 0.15) is 35.2 Å². The second-order valence-electron chi connectivity index (χ2n) is 5.42. The van der Waals surface area contributed by atoms with Gasteiger partial charge in [0.05, 0.1) is 7.11 Å². The molecule has 21 heavy (non-hydrogen) atoms. The Labute approximate surface area is 132 Å². The van der Waals surface area contributed by atoms with Crippen molar-refractivity contribution in [2.75, 3.05) is 7.11 Å². The third-order valence-electron chi connectivity index (χ3n) is 3.74. The SMILES string of the molecule is COc1ccc(Cl)cc1CNC(C)c1cc(C)ccc1C. The first kappa shape index (κ1) is 15.9. The number of ether oxygens (including phenoxy) is 1. The van der Waals surface area contributed by atoms with Gasteiger partial charge in [-0.2, -0.15) is 0 Å². The lowest BCUT2D eigenvalue weighted by atomic mass is 10.00. The van der Waals surface area contributed by atoms with E-state index in [9.17, 15) is 0 Å². The number of hydrogen-bond acceptors (Lipinski definition) is 2. The van der Waals surface area contributed by atoms with Crippen LogP contribution >= 0.6 is 11.6 Å². The lowest BCUT2D eigenvalue weighted by molar-refractivity contribution is 0.406. The van der Waals surface area contributed by atoms with E-state index in [4.69, 9.17) is 16.3 Å². The van der Waals surface area contributed by atoms with Crippen LogP contribution in [0.25, 0.3) is 0 Å². The predicted molar refractivity (Wildman–Crippen MR) is 89.2 cm³/mol. The third-order valence-corrected chi connectivity index (χ3v) is 3.98. The fourth-order valence-corrected chi connectivity index (χ4v) is 2.68. The van der Waals surface area contributed by atoms with Crippen LogP contribution in [0.2, 0.25) is 5.02 Å². The molecule has 2 aromatic rings. The third kappa shape index (κ3) is 3.99. The first-order chi connectivity index (χ1) is 10.0. The van der Waals surface area contributed by atoms with E-state index in [1.807, 2.05) is 18.2 Å². The fourth-order valence-electron chi connectivity index (χ4n) is 2.48. The van der Waals surface area contributed by atoms with Crippen LogP contribution in [-0.4, -0.2) is 7.11 Å². The van der Waals surface area contributed by atoms with Gasteiger partial charge < -0.3 is 10.1 Å². The zero-order valence-electron chi connectivity index (χ0n) is 13.0. The Morgan fingerprint density at radius 3 is 2.62 bits per heavy atom. The summed E-state index contributed by atoms with van der Waals surface area (Å²) in [5.74, 6) is 0.861. The molecule has 2 nitrogen and oxygen atoms in total.